The van der Waals surface area contributed by atoms with Crippen molar-refractivity contribution >= 4 is 11.9 Å². The zero-order valence-corrected chi connectivity index (χ0v) is 15.8. The van der Waals surface area contributed by atoms with Crippen molar-refractivity contribution in [2.24, 2.45) is 0 Å². The summed E-state index contributed by atoms with van der Waals surface area (Å²) in [5.74, 6) is -0.827. The van der Waals surface area contributed by atoms with Gasteiger partial charge in [0, 0.05) is 0 Å². The average Bonchev–Trinajstić information content (AvgIpc) is 2.56. The fraction of sp³-hybridized carbons (Fsp3) is 0.895. The lowest BCUT2D eigenvalue weighted by Gasteiger charge is -2.16. The van der Waals surface area contributed by atoms with E-state index in [1.807, 2.05) is 0 Å². The van der Waals surface area contributed by atoms with Crippen molar-refractivity contribution in [3.63, 3.8) is 0 Å². The summed E-state index contributed by atoms with van der Waals surface area (Å²) in [6.45, 7) is 6.38. The topological polar surface area (TPSA) is 61.8 Å². The zero-order chi connectivity index (χ0) is 18.0. The summed E-state index contributed by atoms with van der Waals surface area (Å²) < 4.78 is 15.5. The molecule has 0 radical (unpaired) electrons. The number of unbranched alkanes of at least 4 members (excludes halogenated alkanes) is 5. The Kier molecular flexibility index (Phi) is 16.0. The minimum Gasteiger partial charge on any atom is -0.464 e. The molecular formula is C19H36O5. The Balaban J connectivity index is 3.68. The molecule has 142 valence electrons. The smallest absolute Gasteiger partial charge is 0.332 e. The molecule has 24 heavy (non-hydrogen) atoms. The molecule has 0 aromatic carbocycles. The first-order valence-electron chi connectivity index (χ1n) is 9.56. The molecule has 1 unspecified atom stereocenters. The van der Waals surface area contributed by atoms with Crippen LogP contribution >= 0.6 is 0 Å². The molecule has 5 heteroatoms. The predicted octanol–water partition coefficient (Wildman–Crippen LogP) is 4.42. The van der Waals surface area contributed by atoms with Crippen LogP contribution in [0.1, 0.15) is 85.0 Å². The van der Waals surface area contributed by atoms with Crippen LogP contribution in [-0.2, 0) is 23.8 Å². The average molecular weight is 344 g/mol. The number of rotatable bonds is 16. The van der Waals surface area contributed by atoms with E-state index in [0.29, 0.717) is 6.61 Å². The lowest BCUT2D eigenvalue weighted by molar-refractivity contribution is -0.159. The van der Waals surface area contributed by atoms with Crippen LogP contribution in [0.3, 0.4) is 0 Å². The van der Waals surface area contributed by atoms with Crippen LogP contribution in [0.5, 0.6) is 0 Å². The highest BCUT2D eigenvalue weighted by Crippen LogP contribution is 2.11. The van der Waals surface area contributed by atoms with Crippen molar-refractivity contribution in [1.29, 1.82) is 0 Å². The standard InChI is InChI=1S/C19H36O5/c1-4-7-9-10-11-14-23-18(20)15-22-16-19(21)24-17(12-6-3)13-8-5-2/h17H,4-16H2,1-3H3. The van der Waals surface area contributed by atoms with Gasteiger partial charge in [0.15, 0.2) is 0 Å². The van der Waals surface area contributed by atoms with Gasteiger partial charge in [0.05, 0.1) is 6.61 Å². The van der Waals surface area contributed by atoms with E-state index in [1.54, 1.807) is 0 Å². The first kappa shape index (κ1) is 22.9. The van der Waals surface area contributed by atoms with E-state index < -0.39 is 11.9 Å². The molecule has 0 bridgehead atoms. The fourth-order valence-electron chi connectivity index (χ4n) is 2.39. The summed E-state index contributed by atoms with van der Waals surface area (Å²) in [7, 11) is 0. The molecule has 0 fully saturated rings. The van der Waals surface area contributed by atoms with E-state index >= 15 is 0 Å². The Morgan fingerprint density at radius 3 is 2.08 bits per heavy atom. The van der Waals surface area contributed by atoms with Crippen molar-refractivity contribution < 1.29 is 23.8 Å². The zero-order valence-electron chi connectivity index (χ0n) is 15.8. The van der Waals surface area contributed by atoms with Gasteiger partial charge in [-0.15, -0.1) is 0 Å². The Morgan fingerprint density at radius 2 is 1.42 bits per heavy atom. The Bertz CT molecular complexity index is 317. The Hall–Kier alpha value is -1.10. The van der Waals surface area contributed by atoms with Gasteiger partial charge < -0.3 is 14.2 Å². The van der Waals surface area contributed by atoms with Gasteiger partial charge in [0.25, 0.3) is 0 Å². The third-order valence-electron chi connectivity index (χ3n) is 3.74. The number of hydrogen-bond donors (Lipinski definition) is 0. The second kappa shape index (κ2) is 16.7. The SMILES string of the molecule is CCCCCCCOC(=O)COCC(=O)OC(CCC)CCCC. The molecule has 0 spiro atoms. The number of carbonyl (C=O) groups is 2. The van der Waals surface area contributed by atoms with Crippen LogP contribution in [0.4, 0.5) is 0 Å². The van der Waals surface area contributed by atoms with Crippen LogP contribution in [-0.4, -0.2) is 37.9 Å². The maximum absolute atomic E-state index is 11.7. The highest BCUT2D eigenvalue weighted by atomic mass is 16.6. The van der Waals surface area contributed by atoms with Gasteiger partial charge in [-0.3, -0.25) is 0 Å². The maximum Gasteiger partial charge on any atom is 0.332 e. The summed E-state index contributed by atoms with van der Waals surface area (Å²) in [5, 5.41) is 0. The summed E-state index contributed by atoms with van der Waals surface area (Å²) in [6.07, 6.45) is 10.4. The number of ether oxygens (including phenoxy) is 3. The van der Waals surface area contributed by atoms with Crippen LogP contribution in [0, 0.1) is 0 Å². The lowest BCUT2D eigenvalue weighted by Crippen LogP contribution is -2.23. The van der Waals surface area contributed by atoms with E-state index in [0.717, 1.165) is 44.9 Å². The third kappa shape index (κ3) is 14.5. The van der Waals surface area contributed by atoms with Crippen LogP contribution in [0.25, 0.3) is 0 Å². The molecule has 0 aliphatic carbocycles. The molecule has 0 amide bonds. The molecule has 5 nitrogen and oxygen atoms in total. The Morgan fingerprint density at radius 1 is 0.750 bits per heavy atom. The minimum atomic E-state index is -0.422. The van der Waals surface area contributed by atoms with Gasteiger partial charge in [-0.25, -0.2) is 9.59 Å². The van der Waals surface area contributed by atoms with E-state index in [9.17, 15) is 9.59 Å². The predicted molar refractivity (Wildman–Crippen MR) is 94.9 cm³/mol. The summed E-state index contributed by atoms with van der Waals surface area (Å²) in [4.78, 5) is 23.2. The highest BCUT2D eigenvalue weighted by molar-refractivity contribution is 5.73. The summed E-state index contributed by atoms with van der Waals surface area (Å²) in [6, 6.07) is 0. The first-order valence-corrected chi connectivity index (χ1v) is 9.56. The summed E-state index contributed by atoms with van der Waals surface area (Å²) >= 11 is 0. The second-order valence-electron chi connectivity index (χ2n) is 6.17. The quantitative estimate of drug-likeness (QED) is 0.306. The highest BCUT2D eigenvalue weighted by Gasteiger charge is 2.14. The first-order chi connectivity index (χ1) is 11.6. The molecule has 0 saturated heterocycles. The third-order valence-corrected chi connectivity index (χ3v) is 3.74. The van der Waals surface area contributed by atoms with Gasteiger partial charge in [0.1, 0.15) is 19.3 Å². The maximum atomic E-state index is 11.7. The molecule has 0 aromatic rings. The molecule has 0 aliphatic heterocycles. The number of carbonyl (C=O) groups excluding carboxylic acids is 2. The fourth-order valence-corrected chi connectivity index (χ4v) is 2.39. The molecule has 0 heterocycles. The lowest BCUT2D eigenvalue weighted by atomic mass is 10.1. The number of esters is 2. The number of hydrogen-bond acceptors (Lipinski definition) is 5. The van der Waals surface area contributed by atoms with Gasteiger partial charge in [-0.05, 0) is 19.3 Å². The monoisotopic (exact) mass is 344 g/mol. The van der Waals surface area contributed by atoms with Gasteiger partial charge in [-0.1, -0.05) is 65.7 Å². The molecular weight excluding hydrogens is 308 g/mol. The minimum absolute atomic E-state index is 0.0406. The summed E-state index contributed by atoms with van der Waals surface area (Å²) in [5.41, 5.74) is 0. The van der Waals surface area contributed by atoms with Crippen molar-refractivity contribution in [2.75, 3.05) is 19.8 Å². The van der Waals surface area contributed by atoms with E-state index in [-0.39, 0.29) is 19.3 Å². The Labute approximate surface area is 147 Å². The molecule has 0 saturated carbocycles. The van der Waals surface area contributed by atoms with Crippen molar-refractivity contribution in [3.8, 4) is 0 Å². The molecule has 0 aliphatic rings. The normalized spacial score (nSPS) is 12.0. The van der Waals surface area contributed by atoms with Crippen molar-refractivity contribution in [2.45, 2.75) is 91.1 Å². The molecule has 0 aromatic heterocycles. The van der Waals surface area contributed by atoms with E-state index in [2.05, 4.69) is 20.8 Å². The van der Waals surface area contributed by atoms with Crippen molar-refractivity contribution in [3.05, 3.63) is 0 Å². The molecule has 0 N–H and O–H groups in total. The van der Waals surface area contributed by atoms with E-state index in [4.69, 9.17) is 14.2 Å². The van der Waals surface area contributed by atoms with E-state index in [1.165, 1.54) is 19.3 Å². The van der Waals surface area contributed by atoms with Crippen LogP contribution < -0.4 is 0 Å². The molecule has 1 atom stereocenters. The van der Waals surface area contributed by atoms with Gasteiger partial charge in [0.2, 0.25) is 0 Å². The largest absolute Gasteiger partial charge is 0.464 e. The van der Waals surface area contributed by atoms with Crippen molar-refractivity contribution in [1.82, 2.24) is 0 Å². The van der Waals surface area contributed by atoms with Gasteiger partial charge >= 0.3 is 11.9 Å². The van der Waals surface area contributed by atoms with Crippen LogP contribution in [0.15, 0.2) is 0 Å². The van der Waals surface area contributed by atoms with Crippen LogP contribution in [0.2, 0.25) is 0 Å². The van der Waals surface area contributed by atoms with Gasteiger partial charge in [-0.2, -0.15) is 0 Å². The molecule has 0 rings (SSSR count). The second-order valence-corrected chi connectivity index (χ2v) is 6.17.